The largest absolute Gasteiger partial charge is 0.312 e. The van der Waals surface area contributed by atoms with E-state index in [1.807, 2.05) is 90.5 Å². The number of allylic oxidation sites excluding steroid dienone is 3. The van der Waals surface area contributed by atoms with Gasteiger partial charge < -0.3 is 9.80 Å². The molecule has 3 aromatic carbocycles. The number of carbonyl (C=O) groups excluding carboxylic acids is 2. The number of rotatable bonds is 2. The van der Waals surface area contributed by atoms with Crippen LogP contribution in [0.2, 0.25) is 0 Å². The van der Waals surface area contributed by atoms with Crippen molar-refractivity contribution >= 4 is 45.0 Å². The third-order valence-corrected chi connectivity index (χ3v) is 6.31. The average molecular weight is 432 g/mol. The number of benzene rings is 3. The van der Waals surface area contributed by atoms with Crippen LogP contribution in [0.3, 0.4) is 0 Å². The van der Waals surface area contributed by atoms with E-state index in [1.54, 1.807) is 6.08 Å². The maximum Gasteiger partial charge on any atom is 0.197 e. The number of fused-ring (bicyclic) bond motifs is 4. The number of para-hydroxylation sites is 2. The molecule has 33 heavy (non-hydrogen) atoms. The summed E-state index contributed by atoms with van der Waals surface area (Å²) in [5, 5.41) is 1.90. The Balaban J connectivity index is 1.42. The van der Waals surface area contributed by atoms with Gasteiger partial charge in [0.25, 0.3) is 0 Å². The minimum Gasteiger partial charge on any atom is -0.312 e. The number of nitrogens with zero attached hydrogens (tertiary/aromatic N) is 4. The Kier molecular flexibility index (Phi) is 4.17. The predicted molar refractivity (Wildman–Crippen MR) is 130 cm³/mol. The topological polar surface area (TPSA) is 66.4 Å². The highest BCUT2D eigenvalue weighted by Gasteiger charge is 2.34. The molecule has 0 N–H and O–H groups in total. The van der Waals surface area contributed by atoms with Crippen molar-refractivity contribution in [2.24, 2.45) is 0 Å². The van der Waals surface area contributed by atoms with E-state index in [-0.39, 0.29) is 17.1 Å². The molecule has 0 unspecified atom stereocenters. The van der Waals surface area contributed by atoms with Crippen molar-refractivity contribution in [1.82, 2.24) is 9.97 Å². The van der Waals surface area contributed by atoms with Gasteiger partial charge in [-0.15, -0.1) is 0 Å². The number of aromatic nitrogens is 2. The van der Waals surface area contributed by atoms with E-state index in [4.69, 9.17) is 9.97 Å². The molecule has 0 atom stereocenters. The van der Waals surface area contributed by atoms with Gasteiger partial charge in [0.1, 0.15) is 5.82 Å². The number of hydrogen-bond acceptors (Lipinski definition) is 6. The van der Waals surface area contributed by atoms with Crippen LogP contribution in [0.1, 0.15) is 27.6 Å². The maximum atomic E-state index is 13.1. The van der Waals surface area contributed by atoms with E-state index in [0.717, 1.165) is 39.3 Å². The lowest BCUT2D eigenvalue weighted by molar-refractivity contribution is 0.0989. The first-order valence-electron chi connectivity index (χ1n) is 10.9. The summed E-state index contributed by atoms with van der Waals surface area (Å²) in [6.45, 7) is 2.71. The first kappa shape index (κ1) is 19.4. The summed E-state index contributed by atoms with van der Waals surface area (Å²) in [6, 6.07) is 19.1. The van der Waals surface area contributed by atoms with Crippen molar-refractivity contribution in [2.45, 2.75) is 6.92 Å². The van der Waals surface area contributed by atoms with Gasteiger partial charge in [0.2, 0.25) is 0 Å². The van der Waals surface area contributed by atoms with Gasteiger partial charge in [0.15, 0.2) is 23.2 Å². The lowest BCUT2D eigenvalue weighted by Gasteiger charge is -2.19. The quantitative estimate of drug-likeness (QED) is 0.331. The first-order chi connectivity index (χ1) is 16.1. The predicted octanol–water partition coefficient (Wildman–Crippen LogP) is 4.91. The summed E-state index contributed by atoms with van der Waals surface area (Å²) in [6.07, 6.45) is 3.45. The molecular weight excluding hydrogens is 412 g/mol. The SMILES string of the molecule is CCN1/C(=C/C=C2C(=O)c3cc4ccccc4cc3C2=O)N(C)c2nc3ccccc3nc21. The Morgan fingerprint density at radius 2 is 1.33 bits per heavy atom. The molecule has 6 heteroatoms. The van der Waals surface area contributed by atoms with Gasteiger partial charge >= 0.3 is 0 Å². The van der Waals surface area contributed by atoms with E-state index in [2.05, 4.69) is 0 Å². The maximum absolute atomic E-state index is 13.1. The van der Waals surface area contributed by atoms with Gasteiger partial charge in [-0.1, -0.05) is 36.4 Å². The van der Waals surface area contributed by atoms with Crippen LogP contribution in [-0.2, 0) is 0 Å². The molecule has 0 amide bonds. The van der Waals surface area contributed by atoms with E-state index < -0.39 is 0 Å². The smallest absolute Gasteiger partial charge is 0.197 e. The van der Waals surface area contributed by atoms with Gasteiger partial charge in [-0.25, -0.2) is 9.97 Å². The van der Waals surface area contributed by atoms with Crippen molar-refractivity contribution in [3.63, 3.8) is 0 Å². The third kappa shape index (κ3) is 2.80. The van der Waals surface area contributed by atoms with Crippen LogP contribution < -0.4 is 9.80 Å². The molecule has 0 saturated heterocycles. The van der Waals surface area contributed by atoms with Gasteiger partial charge in [0.05, 0.1) is 16.6 Å². The van der Waals surface area contributed by atoms with Crippen LogP contribution >= 0.6 is 0 Å². The summed E-state index contributed by atoms with van der Waals surface area (Å²) in [5.41, 5.74) is 2.76. The standard InChI is InChI=1S/C27H20N4O2/c1-3-31-23(30(2)26-27(31)29-22-11-7-6-10-21(22)28-26)13-12-18-24(32)19-14-16-8-4-5-9-17(16)15-20(19)25(18)33/h4-15H,3H2,1-2H3/b23-13+. The molecule has 2 aliphatic rings. The zero-order valence-electron chi connectivity index (χ0n) is 18.2. The number of Topliss-reactive ketones (excluding diaryl/α,β-unsaturated/α-hetero) is 2. The van der Waals surface area contributed by atoms with Gasteiger partial charge in [-0.2, -0.15) is 0 Å². The summed E-state index contributed by atoms with van der Waals surface area (Å²) in [7, 11) is 1.92. The van der Waals surface area contributed by atoms with Crippen LogP contribution in [-0.4, -0.2) is 35.1 Å². The summed E-state index contributed by atoms with van der Waals surface area (Å²) in [4.78, 5) is 39.8. The highest BCUT2D eigenvalue weighted by Crippen LogP contribution is 2.39. The fourth-order valence-corrected chi connectivity index (χ4v) is 4.62. The fraction of sp³-hybridized carbons (Fsp3) is 0.111. The molecule has 6 rings (SSSR count). The third-order valence-electron chi connectivity index (χ3n) is 6.31. The van der Waals surface area contributed by atoms with E-state index in [9.17, 15) is 9.59 Å². The second-order valence-corrected chi connectivity index (χ2v) is 8.17. The Morgan fingerprint density at radius 1 is 0.788 bits per heavy atom. The van der Waals surface area contributed by atoms with Crippen LogP contribution in [0, 0.1) is 0 Å². The Bertz CT molecular complexity index is 1510. The number of ketones is 2. The van der Waals surface area contributed by atoms with Crippen LogP contribution in [0.4, 0.5) is 11.6 Å². The lowest BCUT2D eigenvalue weighted by atomic mass is 10.0. The highest BCUT2D eigenvalue weighted by atomic mass is 16.2. The van der Waals surface area contributed by atoms with Gasteiger partial charge in [-0.3, -0.25) is 9.59 Å². The zero-order valence-corrected chi connectivity index (χ0v) is 18.2. The molecule has 4 aromatic rings. The van der Waals surface area contributed by atoms with Crippen molar-refractivity contribution < 1.29 is 9.59 Å². The molecule has 2 heterocycles. The molecule has 0 radical (unpaired) electrons. The second kappa shape index (κ2) is 7.10. The highest BCUT2D eigenvalue weighted by molar-refractivity contribution is 6.40. The zero-order chi connectivity index (χ0) is 22.7. The van der Waals surface area contributed by atoms with Crippen molar-refractivity contribution in [3.05, 3.63) is 95.3 Å². The monoisotopic (exact) mass is 432 g/mol. The van der Waals surface area contributed by atoms with Gasteiger partial charge in [0, 0.05) is 24.7 Å². The minimum absolute atomic E-state index is 0.180. The number of carbonyl (C=O) groups is 2. The van der Waals surface area contributed by atoms with Crippen LogP contribution in [0.25, 0.3) is 21.8 Å². The van der Waals surface area contributed by atoms with Gasteiger partial charge in [-0.05, 0) is 54.1 Å². The fourth-order valence-electron chi connectivity index (χ4n) is 4.62. The lowest BCUT2D eigenvalue weighted by Crippen LogP contribution is -2.25. The number of anilines is 2. The second-order valence-electron chi connectivity index (χ2n) is 8.17. The average Bonchev–Trinajstić information content (AvgIpc) is 3.24. The molecule has 1 aromatic heterocycles. The summed E-state index contributed by atoms with van der Waals surface area (Å²) in [5.74, 6) is 1.86. The van der Waals surface area contributed by atoms with Crippen LogP contribution in [0.5, 0.6) is 0 Å². The van der Waals surface area contributed by atoms with Crippen molar-refractivity contribution in [2.75, 3.05) is 23.4 Å². The van der Waals surface area contributed by atoms with Crippen molar-refractivity contribution in [1.29, 1.82) is 0 Å². The molecular formula is C27H20N4O2. The summed E-state index contributed by atoms with van der Waals surface area (Å²) < 4.78 is 0. The van der Waals surface area contributed by atoms with E-state index in [0.29, 0.717) is 17.7 Å². The Hall–Kier alpha value is -4.32. The normalized spacial score (nSPS) is 16.3. The molecule has 1 aliphatic heterocycles. The minimum atomic E-state index is -0.235. The molecule has 0 saturated carbocycles. The van der Waals surface area contributed by atoms with E-state index >= 15 is 0 Å². The van der Waals surface area contributed by atoms with Crippen LogP contribution in [0.15, 0.2) is 84.2 Å². The Morgan fingerprint density at radius 3 is 1.91 bits per heavy atom. The molecule has 0 spiro atoms. The summed E-state index contributed by atoms with van der Waals surface area (Å²) >= 11 is 0. The van der Waals surface area contributed by atoms with E-state index in [1.165, 1.54) is 0 Å². The molecule has 1 aliphatic carbocycles. The first-order valence-corrected chi connectivity index (χ1v) is 10.9. The number of hydrogen-bond donors (Lipinski definition) is 0. The van der Waals surface area contributed by atoms with Crippen molar-refractivity contribution in [3.8, 4) is 0 Å². The molecule has 0 bridgehead atoms. The molecule has 160 valence electrons. The Labute approximate surface area is 190 Å². The molecule has 0 fully saturated rings. The molecule has 6 nitrogen and oxygen atoms in total.